The normalized spacial score (nSPS) is 13.5. The zero-order valence-corrected chi connectivity index (χ0v) is 19.2. The highest BCUT2D eigenvalue weighted by molar-refractivity contribution is 7.92. The van der Waals surface area contributed by atoms with Gasteiger partial charge in [-0.15, -0.1) is 0 Å². The first-order chi connectivity index (χ1) is 16.0. The summed E-state index contributed by atoms with van der Waals surface area (Å²) in [6.07, 6.45) is 2.45. The fourth-order valence-corrected chi connectivity index (χ4v) is 5.36. The van der Waals surface area contributed by atoms with Crippen LogP contribution in [0.25, 0.3) is 11.6 Å². The summed E-state index contributed by atoms with van der Waals surface area (Å²) in [5, 5.41) is 2.79. The smallest absolute Gasteiger partial charge is 0.251 e. The summed E-state index contributed by atoms with van der Waals surface area (Å²) in [5.74, 6) is 0.127. The van der Waals surface area contributed by atoms with Gasteiger partial charge < -0.3 is 10.1 Å². The van der Waals surface area contributed by atoms with Gasteiger partial charge in [-0.25, -0.2) is 8.42 Å². The van der Waals surface area contributed by atoms with Crippen molar-refractivity contribution in [2.24, 2.45) is 0 Å². The molecule has 0 saturated heterocycles. The highest BCUT2D eigenvalue weighted by Crippen LogP contribution is 2.30. The van der Waals surface area contributed by atoms with Gasteiger partial charge in [-0.1, -0.05) is 66.7 Å². The second-order valence-electron chi connectivity index (χ2n) is 7.69. The van der Waals surface area contributed by atoms with Gasteiger partial charge in [0.2, 0.25) is 10.0 Å². The number of carbonyl (C=O) groups is 1. The molecule has 0 unspecified atom stereocenters. The molecule has 33 heavy (non-hydrogen) atoms. The number of fused-ring (bicyclic) bond motifs is 1. The molecule has 1 amide bonds. The topological polar surface area (TPSA) is 75.7 Å². The van der Waals surface area contributed by atoms with Gasteiger partial charge in [-0.05, 0) is 35.8 Å². The van der Waals surface area contributed by atoms with Crippen LogP contribution >= 0.6 is 0 Å². The van der Waals surface area contributed by atoms with Gasteiger partial charge in [-0.2, -0.15) is 0 Å². The van der Waals surface area contributed by atoms with E-state index in [-0.39, 0.29) is 18.2 Å². The third-order valence-corrected chi connectivity index (χ3v) is 7.36. The van der Waals surface area contributed by atoms with Gasteiger partial charge in [0.1, 0.15) is 5.75 Å². The van der Waals surface area contributed by atoms with Gasteiger partial charge in [0.15, 0.2) is 0 Å². The maximum absolute atomic E-state index is 13.1. The maximum atomic E-state index is 13.1. The first-order valence-electron chi connectivity index (χ1n) is 10.8. The van der Waals surface area contributed by atoms with Crippen molar-refractivity contribution < 1.29 is 17.9 Å². The van der Waals surface area contributed by atoms with Crippen molar-refractivity contribution in [3.05, 3.63) is 95.6 Å². The van der Waals surface area contributed by atoms with Crippen LogP contribution < -0.4 is 14.4 Å². The van der Waals surface area contributed by atoms with Crippen LogP contribution in [0.15, 0.2) is 78.9 Å². The van der Waals surface area contributed by atoms with Gasteiger partial charge in [-0.3, -0.25) is 9.10 Å². The lowest BCUT2D eigenvalue weighted by atomic mass is 10.0. The summed E-state index contributed by atoms with van der Waals surface area (Å²) in [5.41, 5.74) is 3.68. The van der Waals surface area contributed by atoms with E-state index in [4.69, 9.17) is 4.74 Å². The molecule has 0 saturated carbocycles. The molecule has 0 atom stereocenters. The minimum Gasteiger partial charge on any atom is -0.496 e. The van der Waals surface area contributed by atoms with Crippen LogP contribution in [0.2, 0.25) is 0 Å². The molecule has 4 rings (SSSR count). The molecule has 1 aliphatic heterocycles. The number of amides is 1. The lowest BCUT2D eigenvalue weighted by Gasteiger charge is -2.19. The second-order valence-corrected chi connectivity index (χ2v) is 9.70. The van der Waals surface area contributed by atoms with Crippen LogP contribution in [0.3, 0.4) is 0 Å². The number of ether oxygens (including phenoxy) is 1. The van der Waals surface area contributed by atoms with E-state index in [1.54, 1.807) is 13.2 Å². The molecule has 170 valence electrons. The van der Waals surface area contributed by atoms with Crippen molar-refractivity contribution in [1.82, 2.24) is 5.32 Å². The molecule has 0 aromatic heterocycles. The van der Waals surface area contributed by atoms with E-state index in [1.165, 1.54) is 4.31 Å². The number of carbonyl (C=O) groups excluding carboxylic acids is 1. The Labute approximate surface area is 194 Å². The first kappa shape index (κ1) is 22.6. The third-order valence-electron chi connectivity index (χ3n) is 5.59. The highest BCUT2D eigenvalue weighted by Gasteiger charge is 2.28. The Morgan fingerprint density at radius 2 is 1.70 bits per heavy atom. The van der Waals surface area contributed by atoms with Gasteiger partial charge in [0, 0.05) is 24.2 Å². The predicted octanol–water partition coefficient (Wildman–Crippen LogP) is 3.74. The molecule has 0 fully saturated rings. The second kappa shape index (κ2) is 9.92. The Morgan fingerprint density at radius 1 is 1.00 bits per heavy atom. The quantitative estimate of drug-likeness (QED) is 0.409. The summed E-state index contributed by atoms with van der Waals surface area (Å²) in [7, 11) is -1.97. The monoisotopic (exact) mass is 462 g/mol. The Bertz CT molecular complexity index is 1270. The molecule has 0 radical (unpaired) electrons. The molecule has 1 N–H and O–H groups in total. The van der Waals surface area contributed by atoms with E-state index in [1.807, 2.05) is 78.9 Å². The molecule has 0 bridgehead atoms. The molecular weight excluding hydrogens is 436 g/mol. The van der Waals surface area contributed by atoms with Gasteiger partial charge >= 0.3 is 0 Å². The third kappa shape index (κ3) is 5.09. The molecule has 0 aliphatic carbocycles. The zero-order chi connectivity index (χ0) is 23.3. The maximum Gasteiger partial charge on any atom is 0.251 e. The number of nitrogens with one attached hydrogen (secondary N) is 1. The molecule has 1 aliphatic rings. The summed E-state index contributed by atoms with van der Waals surface area (Å²) >= 11 is 0. The zero-order valence-electron chi connectivity index (χ0n) is 18.4. The van der Waals surface area contributed by atoms with E-state index in [0.29, 0.717) is 24.3 Å². The highest BCUT2D eigenvalue weighted by atomic mass is 32.2. The number of hydrogen-bond donors (Lipinski definition) is 1. The van der Waals surface area contributed by atoms with Crippen molar-refractivity contribution >= 4 is 33.3 Å². The van der Waals surface area contributed by atoms with Crippen molar-refractivity contribution in [2.75, 3.05) is 30.3 Å². The van der Waals surface area contributed by atoms with E-state index in [0.717, 1.165) is 22.4 Å². The lowest BCUT2D eigenvalue weighted by Crippen LogP contribution is -2.37. The number of methoxy groups -OCH3 is 1. The number of anilines is 1. The van der Waals surface area contributed by atoms with Crippen molar-refractivity contribution in [2.45, 2.75) is 6.42 Å². The van der Waals surface area contributed by atoms with Crippen molar-refractivity contribution in [3.63, 3.8) is 0 Å². The Morgan fingerprint density at radius 3 is 2.48 bits per heavy atom. The fraction of sp³-hybridized carbons (Fsp3) is 0.192. The average Bonchev–Trinajstić information content (AvgIpc) is 3.28. The van der Waals surface area contributed by atoms with E-state index >= 15 is 0 Å². The summed E-state index contributed by atoms with van der Waals surface area (Å²) in [6, 6.07) is 24.2. The molecule has 6 nitrogen and oxygen atoms in total. The van der Waals surface area contributed by atoms with Crippen LogP contribution in [0, 0.1) is 0 Å². The van der Waals surface area contributed by atoms with E-state index in [2.05, 4.69) is 5.32 Å². The Hall–Kier alpha value is -3.58. The first-order valence-corrected chi connectivity index (χ1v) is 12.4. The largest absolute Gasteiger partial charge is 0.496 e. The van der Waals surface area contributed by atoms with Crippen LogP contribution in [-0.2, 0) is 21.2 Å². The lowest BCUT2D eigenvalue weighted by molar-refractivity contribution is -0.115. The Kier molecular flexibility index (Phi) is 6.79. The van der Waals surface area contributed by atoms with Crippen molar-refractivity contribution in [1.29, 1.82) is 0 Å². The van der Waals surface area contributed by atoms with Crippen LogP contribution in [0.4, 0.5) is 5.69 Å². The predicted molar refractivity (Wildman–Crippen MR) is 132 cm³/mol. The molecule has 0 spiro atoms. The molecule has 3 aromatic rings. The van der Waals surface area contributed by atoms with Crippen LogP contribution in [-0.4, -0.2) is 40.3 Å². The van der Waals surface area contributed by atoms with E-state index < -0.39 is 10.0 Å². The summed E-state index contributed by atoms with van der Waals surface area (Å²) in [4.78, 5) is 13.1. The standard InChI is InChI=1S/C26H26N2O4S/c1-32-25-14-8-6-12-22(25)19-23(20-9-3-2-4-10-20)26(29)27-16-18-33(30,31)28-17-15-21-11-5-7-13-24(21)28/h2-14,19H,15-18H2,1H3,(H,27,29)/b23-19+. The molecule has 7 heteroatoms. The number of para-hydroxylation sites is 2. The van der Waals surface area contributed by atoms with Crippen LogP contribution in [0.1, 0.15) is 16.7 Å². The molecule has 3 aromatic carbocycles. The summed E-state index contributed by atoms with van der Waals surface area (Å²) in [6.45, 7) is 0.439. The minimum absolute atomic E-state index is 0.00985. The average molecular weight is 463 g/mol. The van der Waals surface area contributed by atoms with E-state index in [9.17, 15) is 13.2 Å². The fourth-order valence-electron chi connectivity index (χ4n) is 3.93. The van der Waals surface area contributed by atoms with Gasteiger partial charge in [0.25, 0.3) is 5.91 Å². The number of hydrogen-bond acceptors (Lipinski definition) is 4. The molecular formula is C26H26N2O4S. The minimum atomic E-state index is -3.55. The van der Waals surface area contributed by atoms with Crippen molar-refractivity contribution in [3.8, 4) is 5.75 Å². The number of sulfonamides is 1. The van der Waals surface area contributed by atoms with Gasteiger partial charge in [0.05, 0.1) is 18.6 Å². The number of nitrogens with zero attached hydrogens (tertiary/aromatic N) is 1. The number of benzene rings is 3. The van der Waals surface area contributed by atoms with Crippen LogP contribution in [0.5, 0.6) is 5.75 Å². The Balaban J connectivity index is 1.51. The SMILES string of the molecule is COc1ccccc1/C=C(/C(=O)NCCS(=O)(=O)N1CCc2ccccc21)c1ccccc1. The summed E-state index contributed by atoms with van der Waals surface area (Å²) < 4.78 is 32.7. The number of rotatable bonds is 8. The molecule has 1 heterocycles.